The Balaban J connectivity index is 1.80. The largest absolute Gasteiger partial charge is 0.324 e. The first-order chi connectivity index (χ1) is 8.65. The van der Waals surface area contributed by atoms with Gasteiger partial charge in [0.05, 0.1) is 0 Å². The monoisotopic (exact) mass is 302 g/mol. The van der Waals surface area contributed by atoms with Gasteiger partial charge in [-0.25, -0.2) is 0 Å². The van der Waals surface area contributed by atoms with E-state index in [1.807, 2.05) is 18.3 Å². The summed E-state index contributed by atoms with van der Waals surface area (Å²) < 4.78 is 1.01. The Morgan fingerprint density at radius 1 is 1.11 bits per heavy atom. The van der Waals surface area contributed by atoms with Gasteiger partial charge in [0.2, 0.25) is 0 Å². The first kappa shape index (κ1) is 11.9. The summed E-state index contributed by atoms with van der Waals surface area (Å²) in [5.74, 6) is 0. The summed E-state index contributed by atoms with van der Waals surface area (Å²) in [5, 5.41) is 0. The fourth-order valence-corrected chi connectivity index (χ4v) is 2.95. The third-order valence-corrected chi connectivity index (χ3v) is 3.99. The fraction of sp³-hybridized carbons (Fsp3) is 0.267. The Kier molecular flexibility index (Phi) is 2.96. The highest BCUT2D eigenvalue weighted by molar-refractivity contribution is 9.10. The second-order valence-electron chi connectivity index (χ2n) is 5.13. The Morgan fingerprint density at radius 2 is 1.78 bits per heavy atom. The van der Waals surface area contributed by atoms with Gasteiger partial charge >= 0.3 is 0 Å². The van der Waals surface area contributed by atoms with Crippen molar-refractivity contribution in [2.75, 3.05) is 0 Å². The maximum atomic E-state index is 6.53. The Bertz CT molecular complexity index is 538. The van der Waals surface area contributed by atoms with Crippen LogP contribution in [0.5, 0.6) is 0 Å². The molecule has 2 N–H and O–H groups in total. The third kappa shape index (κ3) is 2.33. The van der Waals surface area contributed by atoms with Crippen LogP contribution in [0.4, 0.5) is 0 Å². The summed E-state index contributed by atoms with van der Waals surface area (Å²) in [6, 6.07) is 12.6. The molecule has 0 radical (unpaired) electrons. The van der Waals surface area contributed by atoms with Crippen molar-refractivity contribution < 1.29 is 0 Å². The lowest BCUT2D eigenvalue weighted by Crippen LogP contribution is -2.43. The van der Waals surface area contributed by atoms with Crippen molar-refractivity contribution in [2.45, 2.75) is 24.8 Å². The van der Waals surface area contributed by atoms with E-state index in [1.165, 1.54) is 11.1 Å². The maximum Gasteiger partial charge on any atom is 0.0423 e. The Labute approximate surface area is 115 Å². The van der Waals surface area contributed by atoms with Crippen molar-refractivity contribution in [1.82, 2.24) is 4.98 Å². The van der Waals surface area contributed by atoms with Gasteiger partial charge in [-0.2, -0.15) is 0 Å². The molecule has 92 valence electrons. The normalized spacial score (nSPS) is 16.6. The van der Waals surface area contributed by atoms with Crippen molar-refractivity contribution in [3.05, 3.63) is 63.9 Å². The van der Waals surface area contributed by atoms with Crippen molar-refractivity contribution in [3.8, 4) is 0 Å². The molecule has 1 aliphatic carbocycles. The number of halogens is 1. The lowest BCUT2D eigenvalue weighted by molar-refractivity contribution is 0.441. The summed E-state index contributed by atoms with van der Waals surface area (Å²) in [4.78, 5) is 4.42. The van der Waals surface area contributed by atoms with Crippen LogP contribution >= 0.6 is 15.9 Å². The highest BCUT2D eigenvalue weighted by Gasteiger charge is 2.33. The van der Waals surface area contributed by atoms with Gasteiger partial charge in [-0.3, -0.25) is 4.98 Å². The number of nitrogens with two attached hydrogens (primary N) is 1. The molecule has 0 aliphatic heterocycles. The molecule has 3 rings (SSSR count). The van der Waals surface area contributed by atoms with Crippen LogP contribution in [-0.4, -0.2) is 10.5 Å². The second kappa shape index (κ2) is 4.48. The molecule has 1 aromatic heterocycles. The molecule has 2 nitrogen and oxygen atoms in total. The standard InChI is InChI=1S/C15H15BrN2/c16-13-5-6-14(18-10-13)9-15(17)7-11-3-1-2-4-12(11)8-15/h1-6,10H,7-9,17H2. The zero-order valence-corrected chi connectivity index (χ0v) is 11.7. The molecule has 0 fully saturated rings. The lowest BCUT2D eigenvalue weighted by Gasteiger charge is -2.23. The molecule has 0 atom stereocenters. The molecule has 1 aliphatic rings. The third-order valence-electron chi connectivity index (χ3n) is 3.53. The number of fused-ring (bicyclic) bond motifs is 1. The van der Waals surface area contributed by atoms with E-state index in [4.69, 9.17) is 5.73 Å². The maximum absolute atomic E-state index is 6.53. The summed E-state index contributed by atoms with van der Waals surface area (Å²) in [6.45, 7) is 0. The number of benzene rings is 1. The number of rotatable bonds is 2. The van der Waals surface area contributed by atoms with Crippen LogP contribution in [0.15, 0.2) is 47.1 Å². The van der Waals surface area contributed by atoms with Gasteiger partial charge in [0.15, 0.2) is 0 Å². The van der Waals surface area contributed by atoms with Gasteiger partial charge in [-0.05, 0) is 52.0 Å². The van der Waals surface area contributed by atoms with E-state index in [0.29, 0.717) is 0 Å². The molecule has 0 amide bonds. The number of nitrogens with zero attached hydrogens (tertiary/aromatic N) is 1. The summed E-state index contributed by atoms with van der Waals surface area (Å²) in [5.41, 5.74) is 10.2. The van der Waals surface area contributed by atoms with Crippen molar-refractivity contribution in [1.29, 1.82) is 0 Å². The molecule has 0 saturated heterocycles. The first-order valence-electron chi connectivity index (χ1n) is 6.11. The van der Waals surface area contributed by atoms with E-state index < -0.39 is 0 Å². The van der Waals surface area contributed by atoms with E-state index in [2.05, 4.69) is 45.2 Å². The predicted molar refractivity (Wildman–Crippen MR) is 76.4 cm³/mol. The quantitative estimate of drug-likeness (QED) is 0.926. The van der Waals surface area contributed by atoms with E-state index >= 15 is 0 Å². The van der Waals surface area contributed by atoms with Crippen LogP contribution in [-0.2, 0) is 19.3 Å². The molecule has 1 heterocycles. The highest BCUT2D eigenvalue weighted by Crippen LogP contribution is 2.30. The van der Waals surface area contributed by atoms with E-state index in [1.54, 1.807) is 0 Å². The van der Waals surface area contributed by atoms with Crippen LogP contribution in [0, 0.1) is 0 Å². The fourth-order valence-electron chi connectivity index (χ4n) is 2.72. The van der Waals surface area contributed by atoms with Gasteiger partial charge < -0.3 is 5.73 Å². The van der Waals surface area contributed by atoms with Crippen LogP contribution in [0.3, 0.4) is 0 Å². The zero-order chi connectivity index (χ0) is 12.6. The van der Waals surface area contributed by atoms with Gasteiger partial charge in [0.1, 0.15) is 0 Å². The van der Waals surface area contributed by atoms with Crippen LogP contribution in [0.2, 0.25) is 0 Å². The zero-order valence-electron chi connectivity index (χ0n) is 10.1. The lowest BCUT2D eigenvalue weighted by atomic mass is 9.91. The summed E-state index contributed by atoms with van der Waals surface area (Å²) >= 11 is 3.40. The van der Waals surface area contributed by atoms with Crippen molar-refractivity contribution in [2.24, 2.45) is 5.73 Å². The van der Waals surface area contributed by atoms with E-state index in [0.717, 1.165) is 29.4 Å². The Hall–Kier alpha value is -1.19. The topological polar surface area (TPSA) is 38.9 Å². The summed E-state index contributed by atoms with van der Waals surface area (Å²) in [7, 11) is 0. The van der Waals surface area contributed by atoms with Gasteiger partial charge in [-0.1, -0.05) is 24.3 Å². The number of pyridine rings is 1. The predicted octanol–water partition coefficient (Wildman–Crippen LogP) is 2.88. The second-order valence-corrected chi connectivity index (χ2v) is 6.04. The number of hydrogen-bond donors (Lipinski definition) is 1. The SMILES string of the molecule is NC1(Cc2ccc(Br)cn2)Cc2ccccc2C1. The molecule has 0 spiro atoms. The average Bonchev–Trinajstić information content (AvgIpc) is 2.68. The molecule has 18 heavy (non-hydrogen) atoms. The molecule has 0 bridgehead atoms. The molecule has 2 aromatic rings. The minimum atomic E-state index is -0.176. The molecule has 1 aromatic carbocycles. The van der Waals surface area contributed by atoms with Crippen molar-refractivity contribution >= 4 is 15.9 Å². The molecule has 3 heteroatoms. The van der Waals surface area contributed by atoms with Crippen molar-refractivity contribution in [3.63, 3.8) is 0 Å². The minimum Gasteiger partial charge on any atom is -0.324 e. The molecular formula is C15H15BrN2. The minimum absolute atomic E-state index is 0.176. The number of aromatic nitrogens is 1. The molecule has 0 unspecified atom stereocenters. The van der Waals surface area contributed by atoms with Gasteiger partial charge in [0, 0.05) is 28.3 Å². The smallest absolute Gasteiger partial charge is 0.0423 e. The van der Waals surface area contributed by atoms with Crippen LogP contribution < -0.4 is 5.73 Å². The molecule has 0 saturated carbocycles. The van der Waals surface area contributed by atoms with Crippen LogP contribution in [0.1, 0.15) is 16.8 Å². The Morgan fingerprint density at radius 3 is 2.33 bits per heavy atom. The van der Waals surface area contributed by atoms with Crippen LogP contribution in [0.25, 0.3) is 0 Å². The number of hydrogen-bond acceptors (Lipinski definition) is 2. The van der Waals surface area contributed by atoms with E-state index in [-0.39, 0.29) is 5.54 Å². The highest BCUT2D eigenvalue weighted by atomic mass is 79.9. The average molecular weight is 303 g/mol. The van der Waals surface area contributed by atoms with Gasteiger partial charge in [-0.15, -0.1) is 0 Å². The first-order valence-corrected chi connectivity index (χ1v) is 6.90. The molecular weight excluding hydrogens is 288 g/mol. The summed E-state index contributed by atoms with van der Waals surface area (Å²) in [6.07, 6.45) is 4.55. The van der Waals surface area contributed by atoms with Gasteiger partial charge in [0.25, 0.3) is 0 Å². The van der Waals surface area contributed by atoms with E-state index in [9.17, 15) is 0 Å².